The summed E-state index contributed by atoms with van der Waals surface area (Å²) in [4.78, 5) is 10.7. The van der Waals surface area contributed by atoms with E-state index in [0.717, 1.165) is 28.0 Å². The van der Waals surface area contributed by atoms with Crippen molar-refractivity contribution in [1.82, 2.24) is 0 Å². The van der Waals surface area contributed by atoms with Crippen molar-refractivity contribution in [2.75, 3.05) is 7.11 Å². The van der Waals surface area contributed by atoms with Gasteiger partial charge in [0.2, 0.25) is 0 Å². The second-order valence-corrected chi connectivity index (χ2v) is 5.08. The second-order valence-electron chi connectivity index (χ2n) is 5.08. The van der Waals surface area contributed by atoms with E-state index in [2.05, 4.69) is 6.07 Å². The van der Waals surface area contributed by atoms with E-state index in [1.54, 1.807) is 26.2 Å². The van der Waals surface area contributed by atoms with Crippen LogP contribution in [0.1, 0.15) is 30.5 Å². The fourth-order valence-electron chi connectivity index (χ4n) is 1.82. The number of carboxylic acid groups (broad SMARTS) is 1. The number of carbonyl (C=O) groups is 1. The average molecular weight is 286 g/mol. The van der Waals surface area contributed by atoms with Crippen LogP contribution in [0.5, 0.6) is 5.75 Å². The maximum Gasteiger partial charge on any atom is 0.331 e. The first-order chi connectivity index (χ1) is 9.85. The Labute approximate surface area is 126 Å². The lowest BCUT2D eigenvalue weighted by atomic mass is 10.0. The highest BCUT2D eigenvalue weighted by molar-refractivity contribution is 5.86. The van der Waals surface area contributed by atoms with Crippen LogP contribution in [-0.2, 0) is 4.79 Å². The molecule has 0 saturated heterocycles. The minimum Gasteiger partial charge on any atom is -0.496 e. The summed E-state index contributed by atoms with van der Waals surface area (Å²) in [6, 6.07) is 4.10. The molecule has 0 fully saturated rings. The van der Waals surface area contributed by atoms with E-state index < -0.39 is 5.97 Å². The van der Waals surface area contributed by atoms with Gasteiger partial charge in [-0.3, -0.25) is 0 Å². The number of ether oxygens (including phenoxy) is 1. The molecule has 0 radical (unpaired) electrons. The van der Waals surface area contributed by atoms with Gasteiger partial charge in [0, 0.05) is 5.57 Å². The van der Waals surface area contributed by atoms with Gasteiger partial charge in [-0.2, -0.15) is 0 Å². The van der Waals surface area contributed by atoms with E-state index in [9.17, 15) is 4.79 Å². The first kappa shape index (κ1) is 16.8. The van der Waals surface area contributed by atoms with Crippen molar-refractivity contribution in [3.05, 3.63) is 58.2 Å². The van der Waals surface area contributed by atoms with Gasteiger partial charge in [-0.25, -0.2) is 4.79 Å². The molecule has 0 aliphatic carbocycles. The zero-order valence-corrected chi connectivity index (χ0v) is 13.2. The van der Waals surface area contributed by atoms with Crippen LogP contribution in [0.3, 0.4) is 0 Å². The molecular weight excluding hydrogens is 264 g/mol. The molecule has 0 saturated carbocycles. The number of aliphatic carboxylic acids is 1. The number of allylic oxidation sites excluding steroid dienone is 4. The molecule has 0 unspecified atom stereocenters. The van der Waals surface area contributed by atoms with Gasteiger partial charge in [0.05, 0.1) is 7.11 Å². The summed E-state index contributed by atoms with van der Waals surface area (Å²) in [6.45, 7) is 7.56. The lowest BCUT2D eigenvalue weighted by Crippen LogP contribution is -1.94. The van der Waals surface area contributed by atoms with Crippen molar-refractivity contribution >= 4 is 12.0 Å². The molecule has 21 heavy (non-hydrogen) atoms. The van der Waals surface area contributed by atoms with Crippen LogP contribution >= 0.6 is 0 Å². The van der Waals surface area contributed by atoms with Crippen LogP contribution < -0.4 is 4.74 Å². The normalized spacial score (nSPS) is 12.8. The summed E-state index contributed by atoms with van der Waals surface area (Å²) in [5.41, 5.74) is 4.66. The van der Waals surface area contributed by atoms with Gasteiger partial charge in [0.25, 0.3) is 0 Å². The van der Waals surface area contributed by atoms with Crippen LogP contribution in [0.15, 0.2) is 41.5 Å². The first-order valence-electron chi connectivity index (χ1n) is 6.77. The van der Waals surface area contributed by atoms with Crippen molar-refractivity contribution in [2.24, 2.45) is 0 Å². The third kappa shape index (κ3) is 4.95. The predicted molar refractivity (Wildman–Crippen MR) is 86.7 cm³/mol. The van der Waals surface area contributed by atoms with Crippen molar-refractivity contribution in [1.29, 1.82) is 0 Å². The lowest BCUT2D eigenvalue weighted by molar-refractivity contribution is -0.132. The Morgan fingerprint density at radius 2 is 1.81 bits per heavy atom. The Balaban J connectivity index is 2.95. The fourth-order valence-corrected chi connectivity index (χ4v) is 1.82. The quantitative estimate of drug-likeness (QED) is 0.648. The minimum atomic E-state index is -0.898. The Kier molecular flexibility index (Phi) is 5.97. The highest BCUT2D eigenvalue weighted by atomic mass is 16.5. The van der Waals surface area contributed by atoms with E-state index in [1.165, 1.54) is 0 Å². The molecule has 1 N–H and O–H groups in total. The Morgan fingerprint density at radius 1 is 1.14 bits per heavy atom. The maximum absolute atomic E-state index is 10.7. The van der Waals surface area contributed by atoms with Crippen molar-refractivity contribution in [3.8, 4) is 5.75 Å². The molecule has 0 atom stereocenters. The molecule has 3 heteroatoms. The number of methoxy groups -OCH3 is 1. The van der Waals surface area contributed by atoms with Crippen molar-refractivity contribution < 1.29 is 14.6 Å². The smallest absolute Gasteiger partial charge is 0.331 e. The number of benzene rings is 1. The molecule has 1 aromatic rings. The van der Waals surface area contributed by atoms with Gasteiger partial charge < -0.3 is 9.84 Å². The fraction of sp³-hybridized carbons (Fsp3) is 0.278. The summed E-state index contributed by atoms with van der Waals surface area (Å²) >= 11 is 0. The molecule has 1 rings (SSSR count). The van der Waals surface area contributed by atoms with Crippen LogP contribution in [0, 0.1) is 13.8 Å². The molecule has 0 spiro atoms. The number of rotatable bonds is 5. The molecule has 0 aliphatic rings. The highest BCUT2D eigenvalue weighted by Crippen LogP contribution is 2.23. The summed E-state index contributed by atoms with van der Waals surface area (Å²) < 4.78 is 5.29. The molecule has 0 aromatic heterocycles. The van der Waals surface area contributed by atoms with Gasteiger partial charge in [0.1, 0.15) is 5.75 Å². The molecule has 112 valence electrons. The van der Waals surface area contributed by atoms with E-state index in [4.69, 9.17) is 9.84 Å². The summed E-state index contributed by atoms with van der Waals surface area (Å²) in [6.07, 6.45) is 7.40. The molecule has 0 aliphatic heterocycles. The predicted octanol–water partition coefficient (Wildman–Crippen LogP) is 4.30. The summed E-state index contributed by atoms with van der Waals surface area (Å²) in [7, 11) is 1.67. The number of hydrogen-bond acceptors (Lipinski definition) is 2. The van der Waals surface area contributed by atoms with Gasteiger partial charge in [-0.1, -0.05) is 29.9 Å². The molecule has 3 nitrogen and oxygen atoms in total. The topological polar surface area (TPSA) is 46.5 Å². The van der Waals surface area contributed by atoms with Gasteiger partial charge >= 0.3 is 5.97 Å². The molecule has 0 amide bonds. The monoisotopic (exact) mass is 286 g/mol. The standard InChI is InChI=1S/C18H22O3/c1-12(6-8-13(2)18(19)20)7-9-16-10-15(4)17(21-5)11-14(16)3/h6-11H,1-5H3,(H,19,20). The van der Waals surface area contributed by atoms with Crippen LogP contribution in [0.2, 0.25) is 0 Å². The van der Waals surface area contributed by atoms with Crippen molar-refractivity contribution in [3.63, 3.8) is 0 Å². The zero-order chi connectivity index (χ0) is 16.0. The number of hydrogen-bond donors (Lipinski definition) is 1. The average Bonchev–Trinajstić information content (AvgIpc) is 2.44. The van der Waals surface area contributed by atoms with E-state index in [1.807, 2.05) is 39.0 Å². The van der Waals surface area contributed by atoms with Crippen LogP contribution in [0.25, 0.3) is 6.08 Å². The van der Waals surface area contributed by atoms with Crippen LogP contribution in [-0.4, -0.2) is 18.2 Å². The van der Waals surface area contributed by atoms with E-state index >= 15 is 0 Å². The lowest BCUT2D eigenvalue weighted by Gasteiger charge is -2.08. The molecule has 0 bridgehead atoms. The van der Waals surface area contributed by atoms with E-state index in [0.29, 0.717) is 5.57 Å². The Morgan fingerprint density at radius 3 is 2.38 bits per heavy atom. The Hall–Kier alpha value is -2.29. The molecular formula is C18H22O3. The highest BCUT2D eigenvalue weighted by Gasteiger charge is 2.02. The SMILES string of the molecule is COc1cc(C)c(C=CC(C)=CC=C(C)C(=O)O)cc1C. The Bertz CT molecular complexity index is 620. The third-order valence-electron chi connectivity index (χ3n) is 3.24. The van der Waals surface area contributed by atoms with Crippen LogP contribution in [0.4, 0.5) is 0 Å². The number of aryl methyl sites for hydroxylation is 2. The van der Waals surface area contributed by atoms with Gasteiger partial charge in [-0.15, -0.1) is 0 Å². The second kappa shape index (κ2) is 7.48. The zero-order valence-electron chi connectivity index (χ0n) is 13.2. The van der Waals surface area contributed by atoms with Gasteiger partial charge in [0.15, 0.2) is 0 Å². The van der Waals surface area contributed by atoms with Crippen molar-refractivity contribution in [2.45, 2.75) is 27.7 Å². The number of carboxylic acids is 1. The third-order valence-corrected chi connectivity index (χ3v) is 3.24. The minimum absolute atomic E-state index is 0.319. The molecule has 0 heterocycles. The summed E-state index contributed by atoms with van der Waals surface area (Å²) in [5.74, 6) is -0.0124. The van der Waals surface area contributed by atoms with E-state index in [-0.39, 0.29) is 0 Å². The largest absolute Gasteiger partial charge is 0.496 e. The molecule has 1 aromatic carbocycles. The maximum atomic E-state index is 10.7. The summed E-state index contributed by atoms with van der Waals surface area (Å²) in [5, 5.41) is 8.79. The first-order valence-corrected chi connectivity index (χ1v) is 6.77. The van der Waals surface area contributed by atoms with Gasteiger partial charge in [-0.05, 0) is 56.5 Å².